The molecule has 0 radical (unpaired) electrons. The lowest BCUT2D eigenvalue weighted by Crippen LogP contribution is -2.44. The van der Waals surface area contributed by atoms with Gasteiger partial charge >= 0.3 is 0 Å². The number of amides is 1. The molecule has 0 aliphatic carbocycles. The number of rotatable bonds is 4. The third-order valence-electron chi connectivity index (χ3n) is 4.40. The summed E-state index contributed by atoms with van der Waals surface area (Å²) in [5.74, 6) is 0.425. The first-order chi connectivity index (χ1) is 10.6. The van der Waals surface area contributed by atoms with Crippen molar-refractivity contribution in [1.29, 1.82) is 0 Å². The number of piperidine rings is 1. The average molecular weight is 323 g/mol. The Labute approximate surface area is 131 Å². The maximum Gasteiger partial charge on any atom is 0.244 e. The fourth-order valence-electron chi connectivity index (χ4n) is 3.25. The van der Waals surface area contributed by atoms with Gasteiger partial charge in [0.05, 0.1) is 0 Å². The smallest absolute Gasteiger partial charge is 0.244 e. The summed E-state index contributed by atoms with van der Waals surface area (Å²) >= 11 is 0. The maximum atomic E-state index is 12.6. The van der Waals surface area contributed by atoms with Gasteiger partial charge in [0.15, 0.2) is 0 Å². The summed E-state index contributed by atoms with van der Waals surface area (Å²) in [6.07, 6.45) is 6.32. The molecule has 3 rings (SSSR count). The number of carbonyl (C=O) groups excluding carboxylic acids is 1. The van der Waals surface area contributed by atoms with E-state index in [1.165, 1.54) is 6.20 Å². The monoisotopic (exact) mass is 323 g/mol. The van der Waals surface area contributed by atoms with Gasteiger partial charge in [-0.15, -0.1) is 0 Å². The summed E-state index contributed by atoms with van der Waals surface area (Å²) < 4.78 is 26.8. The fourth-order valence-corrected chi connectivity index (χ4v) is 4.77. The summed E-state index contributed by atoms with van der Waals surface area (Å²) in [5.41, 5.74) is 0. The summed E-state index contributed by atoms with van der Waals surface area (Å²) in [7, 11) is -3.47. The number of likely N-dealkylation sites (tertiary alicyclic amines) is 1. The molecule has 6 nitrogen and oxygen atoms in total. The van der Waals surface area contributed by atoms with Gasteiger partial charge in [-0.25, -0.2) is 8.42 Å². The van der Waals surface area contributed by atoms with Crippen molar-refractivity contribution >= 4 is 15.9 Å². The first-order valence-electron chi connectivity index (χ1n) is 7.75. The number of carbonyl (C=O) groups is 1. The van der Waals surface area contributed by atoms with Crippen LogP contribution in [0, 0.1) is 5.92 Å². The van der Waals surface area contributed by atoms with Gasteiger partial charge in [-0.2, -0.15) is 4.31 Å². The second-order valence-corrected chi connectivity index (χ2v) is 7.94. The largest absolute Gasteiger partial charge is 0.342 e. The zero-order valence-electron chi connectivity index (χ0n) is 12.5. The number of nitrogens with zero attached hydrogens (tertiary/aromatic N) is 3. The molecule has 1 aromatic heterocycles. The van der Waals surface area contributed by atoms with Crippen LogP contribution < -0.4 is 0 Å². The first-order valence-corrected chi connectivity index (χ1v) is 9.19. The molecule has 2 fully saturated rings. The molecule has 2 saturated heterocycles. The van der Waals surface area contributed by atoms with Crippen LogP contribution in [0.3, 0.4) is 0 Å². The van der Waals surface area contributed by atoms with Gasteiger partial charge < -0.3 is 4.90 Å². The van der Waals surface area contributed by atoms with Gasteiger partial charge in [-0.3, -0.25) is 9.78 Å². The molecule has 1 atom stereocenters. The Kier molecular flexibility index (Phi) is 4.44. The number of aromatic nitrogens is 1. The molecule has 2 aliphatic rings. The lowest BCUT2D eigenvalue weighted by Gasteiger charge is -2.33. The van der Waals surface area contributed by atoms with Crippen molar-refractivity contribution in [2.75, 3.05) is 26.2 Å². The summed E-state index contributed by atoms with van der Waals surface area (Å²) in [4.78, 5) is 17.8. The molecule has 0 bridgehead atoms. The van der Waals surface area contributed by atoms with E-state index in [9.17, 15) is 13.2 Å². The van der Waals surface area contributed by atoms with Crippen LogP contribution >= 0.6 is 0 Å². The molecule has 3 heterocycles. The van der Waals surface area contributed by atoms with Crippen molar-refractivity contribution in [3.8, 4) is 0 Å². The first kappa shape index (κ1) is 15.4. The number of hydrogen-bond donors (Lipinski definition) is 0. The predicted octanol–water partition coefficient (Wildman–Crippen LogP) is 1.10. The van der Waals surface area contributed by atoms with Crippen LogP contribution in [0.15, 0.2) is 29.4 Å². The molecule has 0 N–H and O–H groups in total. The summed E-state index contributed by atoms with van der Waals surface area (Å²) in [5, 5.41) is 0. The van der Waals surface area contributed by atoms with Crippen LogP contribution in [-0.2, 0) is 14.8 Å². The Morgan fingerprint density at radius 3 is 2.82 bits per heavy atom. The van der Waals surface area contributed by atoms with Crippen LogP contribution in [0.2, 0.25) is 0 Å². The van der Waals surface area contributed by atoms with Gasteiger partial charge in [0.2, 0.25) is 15.9 Å². The molecule has 0 spiro atoms. The van der Waals surface area contributed by atoms with Crippen LogP contribution in [0.5, 0.6) is 0 Å². The molecular formula is C15H21N3O3S. The van der Waals surface area contributed by atoms with Crippen molar-refractivity contribution in [2.24, 2.45) is 5.92 Å². The quantitative estimate of drug-likeness (QED) is 0.832. The summed E-state index contributed by atoms with van der Waals surface area (Å²) in [6, 6.07) is 3.22. The maximum absolute atomic E-state index is 12.6. The van der Waals surface area contributed by atoms with Crippen LogP contribution in [0.4, 0.5) is 0 Å². The van der Waals surface area contributed by atoms with Gasteiger partial charge in [-0.05, 0) is 37.3 Å². The van der Waals surface area contributed by atoms with Gasteiger partial charge in [0, 0.05) is 45.0 Å². The summed E-state index contributed by atoms with van der Waals surface area (Å²) in [6.45, 7) is 2.52. The molecule has 120 valence electrons. The molecule has 2 aliphatic heterocycles. The van der Waals surface area contributed by atoms with Gasteiger partial charge in [0.1, 0.15) is 4.90 Å². The van der Waals surface area contributed by atoms with Crippen molar-refractivity contribution in [1.82, 2.24) is 14.2 Å². The van der Waals surface area contributed by atoms with Crippen molar-refractivity contribution in [3.63, 3.8) is 0 Å². The number of pyridine rings is 1. The molecule has 0 saturated carbocycles. The van der Waals surface area contributed by atoms with E-state index in [0.29, 0.717) is 26.1 Å². The Morgan fingerprint density at radius 1 is 1.27 bits per heavy atom. The highest BCUT2D eigenvalue weighted by Gasteiger charge is 2.32. The van der Waals surface area contributed by atoms with E-state index in [-0.39, 0.29) is 16.7 Å². The molecule has 1 unspecified atom stereocenters. The topological polar surface area (TPSA) is 70.6 Å². The van der Waals surface area contributed by atoms with Crippen molar-refractivity contribution < 1.29 is 13.2 Å². The highest BCUT2D eigenvalue weighted by atomic mass is 32.2. The van der Waals surface area contributed by atoms with E-state index in [1.54, 1.807) is 22.6 Å². The normalized spacial score (nSPS) is 23.9. The Morgan fingerprint density at radius 2 is 2.14 bits per heavy atom. The lowest BCUT2D eigenvalue weighted by atomic mass is 9.99. The Hall–Kier alpha value is -1.47. The fraction of sp³-hybridized carbons (Fsp3) is 0.600. The van der Waals surface area contributed by atoms with E-state index in [4.69, 9.17) is 0 Å². The Balaban J connectivity index is 1.69. The lowest BCUT2D eigenvalue weighted by molar-refractivity contribution is -0.128. The third-order valence-corrected chi connectivity index (χ3v) is 6.25. The molecule has 7 heteroatoms. The van der Waals surface area contributed by atoms with Crippen molar-refractivity contribution in [2.45, 2.75) is 30.6 Å². The van der Waals surface area contributed by atoms with E-state index in [0.717, 1.165) is 25.8 Å². The van der Waals surface area contributed by atoms with Crippen LogP contribution in [0.25, 0.3) is 0 Å². The molecule has 1 amide bonds. The Bertz CT molecular complexity index is 633. The molecule has 22 heavy (non-hydrogen) atoms. The van der Waals surface area contributed by atoms with Gasteiger partial charge in [0.25, 0.3) is 0 Å². The van der Waals surface area contributed by atoms with E-state index in [1.807, 2.05) is 4.90 Å². The van der Waals surface area contributed by atoms with Crippen LogP contribution in [-0.4, -0.2) is 54.7 Å². The van der Waals surface area contributed by atoms with E-state index in [2.05, 4.69) is 4.98 Å². The SMILES string of the molecule is O=C1CCCN1CC1CCCN(S(=O)(=O)c2cccnc2)C1. The minimum atomic E-state index is -3.47. The third kappa shape index (κ3) is 3.15. The number of sulfonamides is 1. The standard InChI is InChI=1S/C15H21N3O3S/c19-15-6-3-8-17(15)11-13-4-2-9-18(12-13)22(20,21)14-5-1-7-16-10-14/h1,5,7,10,13H,2-4,6,8-9,11-12H2. The zero-order chi connectivity index (χ0) is 15.6. The van der Waals surface area contributed by atoms with Crippen LogP contribution in [0.1, 0.15) is 25.7 Å². The molecule has 1 aromatic rings. The van der Waals surface area contributed by atoms with E-state index < -0.39 is 10.0 Å². The molecular weight excluding hydrogens is 302 g/mol. The second kappa shape index (κ2) is 6.34. The highest BCUT2D eigenvalue weighted by molar-refractivity contribution is 7.89. The molecule has 0 aromatic carbocycles. The minimum absolute atomic E-state index is 0.201. The second-order valence-electron chi connectivity index (χ2n) is 6.00. The van der Waals surface area contributed by atoms with Gasteiger partial charge in [-0.1, -0.05) is 0 Å². The number of hydrogen-bond acceptors (Lipinski definition) is 4. The minimum Gasteiger partial charge on any atom is -0.342 e. The highest BCUT2D eigenvalue weighted by Crippen LogP contribution is 2.25. The average Bonchev–Trinajstić information content (AvgIpc) is 2.94. The predicted molar refractivity (Wildman–Crippen MR) is 81.5 cm³/mol. The van der Waals surface area contributed by atoms with E-state index >= 15 is 0 Å². The van der Waals surface area contributed by atoms with Crippen molar-refractivity contribution in [3.05, 3.63) is 24.5 Å². The zero-order valence-corrected chi connectivity index (χ0v) is 13.3.